The first-order chi connectivity index (χ1) is 12.5. The van der Waals surface area contributed by atoms with Crippen molar-refractivity contribution in [2.45, 2.75) is 32.2 Å². The van der Waals surface area contributed by atoms with Crippen LogP contribution >= 0.6 is 35.3 Å². The highest BCUT2D eigenvalue weighted by molar-refractivity contribution is 14.0. The minimum Gasteiger partial charge on any atom is -0.356 e. The first-order valence-electron chi connectivity index (χ1n) is 9.04. The van der Waals surface area contributed by atoms with Crippen molar-refractivity contribution in [3.05, 3.63) is 22.4 Å². The number of carbonyl (C=O) groups excluding carboxylic acids is 2. The van der Waals surface area contributed by atoms with Gasteiger partial charge < -0.3 is 20.4 Å². The molecule has 1 unspecified atom stereocenters. The largest absolute Gasteiger partial charge is 0.356 e. The molecular formula is C18H30IN5O2S. The minimum atomic E-state index is -0.0430. The molecule has 1 aromatic heterocycles. The van der Waals surface area contributed by atoms with Crippen molar-refractivity contribution in [2.75, 3.05) is 40.3 Å². The van der Waals surface area contributed by atoms with Gasteiger partial charge in [-0.3, -0.25) is 9.59 Å². The topological polar surface area (TPSA) is 77.0 Å². The fraction of sp³-hybridized carbons (Fsp3) is 0.611. The lowest BCUT2D eigenvalue weighted by atomic mass is 10.3. The minimum absolute atomic E-state index is 0. The Hall–Kier alpha value is -1.36. The number of rotatable bonds is 7. The maximum Gasteiger partial charge on any atom is 0.243 e. The number of carbonyl (C=O) groups is 2. The van der Waals surface area contributed by atoms with Crippen LogP contribution in [-0.4, -0.2) is 73.9 Å². The quantitative estimate of drug-likeness (QED) is 0.334. The highest BCUT2D eigenvalue weighted by Gasteiger charge is 2.25. The van der Waals surface area contributed by atoms with E-state index in [1.54, 1.807) is 25.4 Å². The zero-order chi connectivity index (χ0) is 18.9. The number of aliphatic imine (C=N–C) groups is 1. The van der Waals surface area contributed by atoms with Crippen LogP contribution in [0.5, 0.6) is 0 Å². The van der Waals surface area contributed by atoms with Gasteiger partial charge in [-0.1, -0.05) is 13.0 Å². The van der Waals surface area contributed by atoms with Crippen LogP contribution in [0.25, 0.3) is 0 Å². The van der Waals surface area contributed by atoms with Gasteiger partial charge in [0.25, 0.3) is 0 Å². The highest BCUT2D eigenvalue weighted by Crippen LogP contribution is 2.11. The average Bonchev–Trinajstić information content (AvgIpc) is 3.30. The first kappa shape index (κ1) is 23.7. The molecule has 27 heavy (non-hydrogen) atoms. The Bertz CT molecular complexity index is 621. The molecule has 1 aromatic rings. The molecule has 2 N–H and O–H groups in total. The van der Waals surface area contributed by atoms with E-state index >= 15 is 0 Å². The number of likely N-dealkylation sites (N-methyl/N-ethyl adjacent to an activating group) is 1. The Kier molecular flexibility index (Phi) is 10.7. The van der Waals surface area contributed by atoms with Gasteiger partial charge in [-0.2, -0.15) is 0 Å². The SMILES string of the molecule is CCC(=O)N1CCC(NC(=NCC(=O)N(C)C)NCCc2cccs2)C1.I. The molecular weight excluding hydrogens is 477 g/mol. The summed E-state index contributed by atoms with van der Waals surface area (Å²) < 4.78 is 0. The molecule has 9 heteroatoms. The summed E-state index contributed by atoms with van der Waals surface area (Å²) in [6, 6.07) is 4.31. The van der Waals surface area contributed by atoms with Crippen LogP contribution in [0, 0.1) is 0 Å². The summed E-state index contributed by atoms with van der Waals surface area (Å²) in [4.78, 5) is 32.8. The molecule has 7 nitrogen and oxygen atoms in total. The summed E-state index contributed by atoms with van der Waals surface area (Å²) in [5.74, 6) is 0.771. The molecule has 0 radical (unpaired) electrons. The van der Waals surface area contributed by atoms with Crippen LogP contribution in [0.4, 0.5) is 0 Å². The van der Waals surface area contributed by atoms with Crippen LogP contribution in [-0.2, 0) is 16.0 Å². The van der Waals surface area contributed by atoms with Gasteiger partial charge in [0, 0.05) is 51.1 Å². The molecule has 2 heterocycles. The molecule has 2 amide bonds. The van der Waals surface area contributed by atoms with E-state index in [9.17, 15) is 9.59 Å². The third-order valence-corrected chi connectivity index (χ3v) is 5.24. The normalized spacial score (nSPS) is 16.6. The van der Waals surface area contributed by atoms with E-state index in [0.717, 1.165) is 25.9 Å². The Morgan fingerprint density at radius 1 is 1.41 bits per heavy atom. The lowest BCUT2D eigenvalue weighted by molar-refractivity contribution is -0.130. The van der Waals surface area contributed by atoms with E-state index in [-0.39, 0.29) is 48.4 Å². The Balaban J connectivity index is 0.00000364. The second-order valence-electron chi connectivity index (χ2n) is 6.53. The van der Waals surface area contributed by atoms with Crippen molar-refractivity contribution >= 4 is 53.1 Å². The van der Waals surface area contributed by atoms with Gasteiger partial charge in [-0.15, -0.1) is 35.3 Å². The Labute approximate surface area is 182 Å². The van der Waals surface area contributed by atoms with E-state index in [1.807, 2.05) is 17.9 Å². The second kappa shape index (κ2) is 12.2. The molecule has 0 saturated carbocycles. The summed E-state index contributed by atoms with van der Waals surface area (Å²) in [5.41, 5.74) is 0. The van der Waals surface area contributed by atoms with Crippen molar-refractivity contribution in [2.24, 2.45) is 4.99 Å². The molecule has 0 aliphatic carbocycles. The van der Waals surface area contributed by atoms with Crippen LogP contribution in [0.2, 0.25) is 0 Å². The zero-order valence-corrected chi connectivity index (χ0v) is 19.4. The predicted octanol–water partition coefficient (Wildman–Crippen LogP) is 1.54. The molecule has 0 bridgehead atoms. The zero-order valence-electron chi connectivity index (χ0n) is 16.2. The van der Waals surface area contributed by atoms with Crippen molar-refractivity contribution in [1.29, 1.82) is 0 Å². The first-order valence-corrected chi connectivity index (χ1v) is 9.92. The monoisotopic (exact) mass is 507 g/mol. The van der Waals surface area contributed by atoms with Gasteiger partial charge in [-0.05, 0) is 24.3 Å². The maximum atomic E-state index is 11.8. The van der Waals surface area contributed by atoms with Gasteiger partial charge in [0.15, 0.2) is 5.96 Å². The lowest BCUT2D eigenvalue weighted by Crippen LogP contribution is -2.46. The molecule has 0 spiro atoms. The molecule has 1 fully saturated rings. The number of hydrogen-bond acceptors (Lipinski definition) is 4. The molecule has 1 aliphatic heterocycles. The Morgan fingerprint density at radius 3 is 2.81 bits per heavy atom. The van der Waals surface area contributed by atoms with E-state index < -0.39 is 0 Å². The number of halogens is 1. The van der Waals surface area contributed by atoms with Crippen molar-refractivity contribution in [3.63, 3.8) is 0 Å². The summed E-state index contributed by atoms with van der Waals surface area (Å²) in [6.07, 6.45) is 2.33. The molecule has 2 rings (SSSR count). The number of thiophene rings is 1. The van der Waals surface area contributed by atoms with Crippen molar-refractivity contribution in [3.8, 4) is 0 Å². The summed E-state index contributed by atoms with van der Waals surface area (Å²) in [5, 5.41) is 8.75. The van der Waals surface area contributed by atoms with Gasteiger partial charge in [0.1, 0.15) is 6.54 Å². The van der Waals surface area contributed by atoms with Gasteiger partial charge in [-0.25, -0.2) is 4.99 Å². The highest BCUT2D eigenvalue weighted by atomic mass is 127. The fourth-order valence-corrected chi connectivity index (χ4v) is 3.43. The summed E-state index contributed by atoms with van der Waals surface area (Å²) in [6.45, 7) is 4.18. The number of hydrogen-bond donors (Lipinski definition) is 2. The summed E-state index contributed by atoms with van der Waals surface area (Å²) >= 11 is 1.73. The van der Waals surface area contributed by atoms with Crippen molar-refractivity contribution in [1.82, 2.24) is 20.4 Å². The van der Waals surface area contributed by atoms with E-state index in [4.69, 9.17) is 0 Å². The molecule has 1 atom stereocenters. The maximum absolute atomic E-state index is 11.8. The summed E-state index contributed by atoms with van der Waals surface area (Å²) in [7, 11) is 3.45. The number of guanidine groups is 1. The number of nitrogens with one attached hydrogen (secondary N) is 2. The van der Waals surface area contributed by atoms with Crippen LogP contribution in [0.1, 0.15) is 24.6 Å². The van der Waals surface area contributed by atoms with Gasteiger partial charge in [0.2, 0.25) is 11.8 Å². The van der Waals surface area contributed by atoms with Crippen molar-refractivity contribution < 1.29 is 9.59 Å². The standard InChI is InChI=1S/C18H29N5O2S.HI/c1-4-16(24)23-10-8-14(13-23)21-18(20-12-17(25)22(2)3)19-9-7-15-6-5-11-26-15;/h5-6,11,14H,4,7-10,12-13H2,1-3H3,(H2,19,20,21);1H. The third-order valence-electron chi connectivity index (χ3n) is 4.30. The third kappa shape index (κ3) is 8.04. The molecule has 0 aromatic carbocycles. The molecule has 152 valence electrons. The van der Waals surface area contributed by atoms with Crippen LogP contribution in [0.3, 0.4) is 0 Å². The number of amides is 2. The molecule has 1 saturated heterocycles. The number of nitrogens with zero attached hydrogens (tertiary/aromatic N) is 3. The number of likely N-dealkylation sites (tertiary alicyclic amines) is 1. The fourth-order valence-electron chi connectivity index (χ4n) is 2.72. The predicted molar refractivity (Wildman–Crippen MR) is 121 cm³/mol. The molecule has 1 aliphatic rings. The average molecular weight is 507 g/mol. The van der Waals surface area contributed by atoms with Gasteiger partial charge in [0.05, 0.1) is 0 Å². The van der Waals surface area contributed by atoms with Crippen LogP contribution in [0.15, 0.2) is 22.5 Å². The Morgan fingerprint density at radius 2 is 2.19 bits per heavy atom. The van der Waals surface area contributed by atoms with E-state index in [2.05, 4.69) is 27.1 Å². The smallest absolute Gasteiger partial charge is 0.243 e. The van der Waals surface area contributed by atoms with E-state index in [0.29, 0.717) is 18.9 Å². The van der Waals surface area contributed by atoms with E-state index in [1.165, 1.54) is 9.78 Å². The van der Waals surface area contributed by atoms with Gasteiger partial charge >= 0.3 is 0 Å². The lowest BCUT2D eigenvalue weighted by Gasteiger charge is -2.19. The van der Waals surface area contributed by atoms with Crippen LogP contribution < -0.4 is 10.6 Å². The second-order valence-corrected chi connectivity index (χ2v) is 7.56.